The minimum Gasteiger partial charge on any atom is -0.412 e. The predicted octanol–water partition coefficient (Wildman–Crippen LogP) is 0.517. The Labute approximate surface area is 26.7 Å². The highest BCUT2D eigenvalue weighted by Gasteiger charge is 1.93. The summed E-state index contributed by atoms with van der Waals surface area (Å²) in [5, 5.41) is 0. The summed E-state index contributed by atoms with van der Waals surface area (Å²) < 4.78 is 28.8. The van der Waals surface area contributed by atoms with Gasteiger partial charge in [-0.2, -0.15) is 13.2 Å². The highest BCUT2D eigenvalue weighted by Crippen LogP contribution is 1.99. The third kappa shape index (κ3) is 184. The molecule has 0 aromatic heterocycles. The average molecular weight is 87.0 g/mol. The maximum Gasteiger partial charge on any atom is 0.487 e. The lowest BCUT2D eigenvalue weighted by atomic mass is 11.6. The molecule has 0 aliphatic carbocycles. The third-order valence-corrected chi connectivity index (χ3v) is 0. The molecule has 0 rings (SSSR count). The first-order chi connectivity index (χ1) is 1.73. The van der Waals surface area contributed by atoms with Crippen LogP contribution in [-0.4, -0.2) is 5.48 Å². The van der Waals surface area contributed by atoms with Crippen LogP contribution in [0.3, 0.4) is 0 Å². The van der Waals surface area contributed by atoms with Gasteiger partial charge in [0.05, 0.1) is 0 Å². The number of halogens is 3. The van der Waals surface area contributed by atoms with Gasteiger partial charge in [0.1, 0.15) is 0 Å². The Kier molecular flexibility index (Phi) is 6.62. The predicted molar refractivity (Wildman–Crippen MR) is 10.2 cm³/mol. The van der Waals surface area contributed by atoms with Gasteiger partial charge >= 0.3 is 6.68 Å². The topological polar surface area (TPSA) is 31.5 Å². The van der Waals surface area contributed by atoms with Crippen LogP contribution in [-0.2, 0) is 0 Å². The molecule has 5 heavy (non-hydrogen) atoms. The summed E-state index contributed by atoms with van der Waals surface area (Å²) in [4.78, 5) is 0. The molecule has 0 atom stereocenters. The highest BCUT2D eigenvalue weighted by molar-refractivity contribution is 4.21. The van der Waals surface area contributed by atoms with E-state index in [4.69, 9.17) is 0 Å². The fraction of sp³-hybridized carbons (Fsp3) is 0. The van der Waals surface area contributed by atoms with Gasteiger partial charge in [0.25, 0.3) is 0 Å². The SMILES string of the molecule is F[C](F)F.O. The van der Waals surface area contributed by atoms with E-state index in [1.165, 1.54) is 0 Å². The molecule has 0 spiro atoms. The van der Waals surface area contributed by atoms with Crippen molar-refractivity contribution in [2.45, 2.75) is 0 Å². The maximum absolute atomic E-state index is 9.58. The van der Waals surface area contributed by atoms with Crippen molar-refractivity contribution in [3.63, 3.8) is 0 Å². The summed E-state index contributed by atoms with van der Waals surface area (Å²) in [6.07, 6.45) is 0. The number of hydrogen-bond acceptors (Lipinski definition) is 0. The van der Waals surface area contributed by atoms with Crippen LogP contribution in [0.1, 0.15) is 0 Å². The Hall–Kier alpha value is -0.250. The van der Waals surface area contributed by atoms with Gasteiger partial charge in [-0.25, -0.2) is 0 Å². The van der Waals surface area contributed by atoms with Crippen molar-refractivity contribution in [3.8, 4) is 0 Å². The lowest BCUT2D eigenvalue weighted by molar-refractivity contribution is 0.142. The molecule has 0 amide bonds. The zero-order valence-corrected chi connectivity index (χ0v) is 2.13. The van der Waals surface area contributed by atoms with Gasteiger partial charge in [0.15, 0.2) is 0 Å². The first kappa shape index (κ1) is 8.83. The monoisotopic (exact) mass is 87.0 g/mol. The molecule has 0 unspecified atom stereocenters. The van der Waals surface area contributed by atoms with Crippen molar-refractivity contribution in [1.29, 1.82) is 0 Å². The Balaban J connectivity index is 0. The molecule has 4 heteroatoms. The van der Waals surface area contributed by atoms with Gasteiger partial charge in [-0.3, -0.25) is 0 Å². The van der Waals surface area contributed by atoms with Gasteiger partial charge in [-0.15, -0.1) is 0 Å². The molecule has 0 heterocycles. The van der Waals surface area contributed by atoms with E-state index in [2.05, 4.69) is 0 Å². The van der Waals surface area contributed by atoms with E-state index in [0.29, 0.717) is 0 Å². The van der Waals surface area contributed by atoms with E-state index < -0.39 is 6.68 Å². The molecule has 0 aromatic carbocycles. The van der Waals surface area contributed by atoms with Gasteiger partial charge in [0.2, 0.25) is 0 Å². The zero-order valence-electron chi connectivity index (χ0n) is 2.13. The second kappa shape index (κ2) is 3.75. The van der Waals surface area contributed by atoms with Crippen molar-refractivity contribution in [2.24, 2.45) is 0 Å². The molecule has 0 saturated carbocycles. The summed E-state index contributed by atoms with van der Waals surface area (Å²) in [5.74, 6) is 0. The molecule has 2 N–H and O–H groups in total. The van der Waals surface area contributed by atoms with Crippen molar-refractivity contribution >= 4 is 0 Å². The Morgan fingerprint density at radius 3 is 1.00 bits per heavy atom. The van der Waals surface area contributed by atoms with Crippen LogP contribution < -0.4 is 0 Å². The molecule has 0 aromatic rings. The number of rotatable bonds is 0. The van der Waals surface area contributed by atoms with Gasteiger partial charge in [-0.05, 0) is 0 Å². The molecule has 1 nitrogen and oxygen atoms in total. The van der Waals surface area contributed by atoms with Crippen LogP contribution in [0.5, 0.6) is 0 Å². The molecule has 0 aliphatic rings. The molecule has 0 fully saturated rings. The first-order valence-corrected chi connectivity index (χ1v) is 0.567. The van der Waals surface area contributed by atoms with Crippen molar-refractivity contribution in [2.75, 3.05) is 0 Å². The van der Waals surface area contributed by atoms with E-state index in [-0.39, 0.29) is 5.48 Å². The van der Waals surface area contributed by atoms with Crippen LogP contribution in [0.25, 0.3) is 0 Å². The second-order valence-electron chi connectivity index (χ2n) is 0.214. The largest absolute Gasteiger partial charge is 0.487 e. The molecule has 0 aliphatic heterocycles. The Morgan fingerprint density at radius 2 is 1.00 bits per heavy atom. The van der Waals surface area contributed by atoms with Crippen molar-refractivity contribution in [3.05, 3.63) is 6.68 Å². The lowest BCUT2D eigenvalue weighted by Crippen LogP contribution is -1.49. The smallest absolute Gasteiger partial charge is 0.412 e. The van der Waals surface area contributed by atoms with Crippen LogP contribution >= 0.6 is 0 Å². The van der Waals surface area contributed by atoms with Crippen LogP contribution in [0.4, 0.5) is 13.2 Å². The van der Waals surface area contributed by atoms with E-state index >= 15 is 0 Å². The first-order valence-electron chi connectivity index (χ1n) is 0.567. The van der Waals surface area contributed by atoms with E-state index in [1.54, 1.807) is 0 Å². The molecular weight excluding hydrogens is 85.0 g/mol. The summed E-state index contributed by atoms with van der Waals surface area (Å²) >= 11 is 0. The summed E-state index contributed by atoms with van der Waals surface area (Å²) in [6.45, 7) is -3.08. The van der Waals surface area contributed by atoms with E-state index in [1.807, 2.05) is 0 Å². The lowest BCUT2D eigenvalue weighted by Gasteiger charge is -1.60. The van der Waals surface area contributed by atoms with Gasteiger partial charge < -0.3 is 5.48 Å². The average Bonchev–Trinajstić information content (AvgIpc) is 0.811. The van der Waals surface area contributed by atoms with Crippen LogP contribution in [0.2, 0.25) is 0 Å². The minimum absolute atomic E-state index is 0. The fourth-order valence-corrected chi connectivity index (χ4v) is 0. The minimum atomic E-state index is -3.08. The third-order valence-electron chi connectivity index (χ3n) is 0. The Bertz CT molecular complexity index is 11.6. The maximum atomic E-state index is 9.58. The van der Waals surface area contributed by atoms with Crippen molar-refractivity contribution in [1.82, 2.24) is 0 Å². The molecule has 0 saturated heterocycles. The standard InChI is InChI=1S/CF3.H2O/c2-1(3)4;/h;1H2. The van der Waals surface area contributed by atoms with Crippen LogP contribution in [0, 0.1) is 6.68 Å². The fourth-order valence-electron chi connectivity index (χ4n) is 0. The summed E-state index contributed by atoms with van der Waals surface area (Å²) in [6, 6.07) is 0. The summed E-state index contributed by atoms with van der Waals surface area (Å²) in [5.41, 5.74) is 0. The van der Waals surface area contributed by atoms with E-state index in [0.717, 1.165) is 0 Å². The van der Waals surface area contributed by atoms with E-state index in [9.17, 15) is 13.2 Å². The molecule has 1 radical (unpaired) electrons. The number of hydrogen-bond donors (Lipinski definition) is 0. The second-order valence-corrected chi connectivity index (χ2v) is 0.214. The van der Waals surface area contributed by atoms with Gasteiger partial charge in [-0.1, -0.05) is 0 Å². The normalized spacial score (nSPS) is 7.20. The van der Waals surface area contributed by atoms with Gasteiger partial charge in [0, 0.05) is 0 Å². The Morgan fingerprint density at radius 1 is 1.00 bits per heavy atom. The molecular formula is CH2F3O. The zero-order chi connectivity index (χ0) is 3.58. The van der Waals surface area contributed by atoms with Crippen molar-refractivity contribution < 1.29 is 18.6 Å². The molecule has 33 valence electrons. The highest BCUT2D eigenvalue weighted by atomic mass is 19.4. The van der Waals surface area contributed by atoms with Crippen LogP contribution in [0.15, 0.2) is 0 Å². The molecule has 0 bridgehead atoms. The summed E-state index contributed by atoms with van der Waals surface area (Å²) in [7, 11) is 0. The quantitative estimate of drug-likeness (QED) is 0.412.